The third-order valence-electron chi connectivity index (χ3n) is 3.19. The second-order valence-corrected chi connectivity index (χ2v) is 5.56. The Hall–Kier alpha value is -1.80. The second kappa shape index (κ2) is 7.18. The molecule has 0 amide bonds. The van der Waals surface area contributed by atoms with Crippen LogP contribution in [0, 0.1) is 0 Å². The van der Waals surface area contributed by atoms with Crippen molar-refractivity contribution in [2.75, 3.05) is 6.54 Å². The average Bonchev–Trinajstić information content (AvgIpc) is 2.45. The van der Waals surface area contributed by atoms with E-state index in [0.29, 0.717) is 11.1 Å². The van der Waals surface area contributed by atoms with E-state index in [9.17, 15) is 23.1 Å². The van der Waals surface area contributed by atoms with Crippen LogP contribution in [0.25, 0.3) is 0 Å². The van der Waals surface area contributed by atoms with Gasteiger partial charge in [-0.25, -0.2) is 4.98 Å². The molecular weight excluding hydrogens is 335 g/mol. The zero-order chi connectivity index (χ0) is 17.0. The Morgan fingerprint density at radius 2 is 2.13 bits per heavy atom. The first kappa shape index (κ1) is 17.6. The number of nitrogens with one attached hydrogen (secondary N) is 1. The van der Waals surface area contributed by atoms with Gasteiger partial charge in [-0.2, -0.15) is 13.2 Å². The van der Waals surface area contributed by atoms with E-state index in [1.54, 1.807) is 6.08 Å². The standard InChI is InChI=1S/C14H15ClF3N3O2/c15-10-3-1-2-9(4-10)5-19-7-12-20-6-11(22)13(23)21(12)8-14(16,17)18/h2,4,6,19,22H,1,3,5,7-8H2. The number of halogens is 4. The minimum atomic E-state index is -4.59. The van der Waals surface area contributed by atoms with Crippen LogP contribution < -0.4 is 10.9 Å². The summed E-state index contributed by atoms with van der Waals surface area (Å²) in [6.07, 6.45) is 1.62. The maximum atomic E-state index is 12.6. The Bertz CT molecular complexity index is 695. The maximum Gasteiger partial charge on any atom is 0.406 e. The van der Waals surface area contributed by atoms with Crippen LogP contribution in [0.4, 0.5) is 13.2 Å². The van der Waals surface area contributed by atoms with Gasteiger partial charge in [0.1, 0.15) is 12.4 Å². The zero-order valence-electron chi connectivity index (χ0n) is 12.0. The lowest BCUT2D eigenvalue weighted by molar-refractivity contribution is -0.141. The largest absolute Gasteiger partial charge is 0.502 e. The number of hydrogen-bond donors (Lipinski definition) is 2. The molecule has 0 radical (unpaired) electrons. The molecule has 1 aromatic heterocycles. The Kier molecular flexibility index (Phi) is 5.48. The fourth-order valence-corrected chi connectivity index (χ4v) is 2.42. The fourth-order valence-electron chi connectivity index (χ4n) is 2.17. The fraction of sp³-hybridized carbons (Fsp3) is 0.429. The molecule has 0 saturated heterocycles. The molecule has 2 rings (SSSR count). The van der Waals surface area contributed by atoms with Gasteiger partial charge in [0.2, 0.25) is 0 Å². The Balaban J connectivity index is 2.09. The van der Waals surface area contributed by atoms with Crippen LogP contribution in [0.3, 0.4) is 0 Å². The van der Waals surface area contributed by atoms with Crippen LogP contribution in [0.1, 0.15) is 18.7 Å². The molecule has 5 nitrogen and oxygen atoms in total. The van der Waals surface area contributed by atoms with Crippen molar-refractivity contribution in [1.29, 1.82) is 0 Å². The molecule has 1 aliphatic carbocycles. The van der Waals surface area contributed by atoms with Crippen LogP contribution in [0.5, 0.6) is 5.75 Å². The summed E-state index contributed by atoms with van der Waals surface area (Å²) in [5, 5.41) is 12.9. The summed E-state index contributed by atoms with van der Waals surface area (Å²) in [4.78, 5) is 15.4. The predicted octanol–water partition coefficient (Wildman–Crippen LogP) is 2.44. The summed E-state index contributed by atoms with van der Waals surface area (Å²) in [6.45, 7) is -1.16. The van der Waals surface area contributed by atoms with Crippen LogP contribution >= 0.6 is 11.6 Å². The SMILES string of the molecule is O=c1c(O)cnc(CNCC2=CCCC(Cl)=C2)n1CC(F)(F)F. The van der Waals surface area contributed by atoms with Gasteiger partial charge in [0.15, 0.2) is 5.75 Å². The minimum absolute atomic E-state index is 0.0472. The van der Waals surface area contributed by atoms with Gasteiger partial charge >= 0.3 is 6.18 Å². The quantitative estimate of drug-likeness (QED) is 0.857. The molecule has 0 saturated carbocycles. The van der Waals surface area contributed by atoms with Crippen LogP contribution in [-0.4, -0.2) is 27.4 Å². The van der Waals surface area contributed by atoms with Gasteiger partial charge < -0.3 is 10.4 Å². The molecule has 1 aliphatic rings. The first-order chi connectivity index (χ1) is 10.8. The zero-order valence-corrected chi connectivity index (χ0v) is 12.8. The topological polar surface area (TPSA) is 67.2 Å². The van der Waals surface area contributed by atoms with E-state index >= 15 is 0 Å². The summed E-state index contributed by atoms with van der Waals surface area (Å²) in [7, 11) is 0. The summed E-state index contributed by atoms with van der Waals surface area (Å²) >= 11 is 5.93. The van der Waals surface area contributed by atoms with Crippen molar-refractivity contribution in [3.8, 4) is 5.75 Å². The van der Waals surface area contributed by atoms with Crippen LogP contribution in [0.2, 0.25) is 0 Å². The van der Waals surface area contributed by atoms with Gasteiger partial charge in [-0.1, -0.05) is 17.7 Å². The highest BCUT2D eigenvalue weighted by Crippen LogP contribution is 2.20. The number of allylic oxidation sites excluding steroid dienone is 2. The van der Waals surface area contributed by atoms with Crippen molar-refractivity contribution >= 4 is 11.6 Å². The third-order valence-corrected chi connectivity index (χ3v) is 3.49. The lowest BCUT2D eigenvalue weighted by Crippen LogP contribution is -2.33. The number of alkyl halides is 3. The predicted molar refractivity (Wildman–Crippen MR) is 79.2 cm³/mol. The van der Waals surface area contributed by atoms with Crippen molar-refractivity contribution in [3.63, 3.8) is 0 Å². The molecule has 1 heterocycles. The normalized spacial score (nSPS) is 15.3. The Morgan fingerprint density at radius 3 is 2.78 bits per heavy atom. The molecule has 126 valence electrons. The van der Waals surface area contributed by atoms with Gasteiger partial charge in [-0.05, 0) is 24.5 Å². The van der Waals surface area contributed by atoms with Crippen molar-refractivity contribution < 1.29 is 18.3 Å². The highest BCUT2D eigenvalue weighted by Gasteiger charge is 2.30. The molecule has 9 heteroatoms. The van der Waals surface area contributed by atoms with E-state index in [-0.39, 0.29) is 12.4 Å². The molecule has 0 aliphatic heterocycles. The summed E-state index contributed by atoms with van der Waals surface area (Å²) in [5.41, 5.74) is -0.196. The number of rotatable bonds is 5. The Labute approximate surface area is 135 Å². The molecule has 2 N–H and O–H groups in total. The van der Waals surface area contributed by atoms with E-state index in [2.05, 4.69) is 10.3 Å². The maximum absolute atomic E-state index is 12.6. The third kappa shape index (κ3) is 5.11. The highest BCUT2D eigenvalue weighted by atomic mass is 35.5. The lowest BCUT2D eigenvalue weighted by atomic mass is 10.1. The van der Waals surface area contributed by atoms with Gasteiger partial charge in [0.05, 0.1) is 12.7 Å². The van der Waals surface area contributed by atoms with Crippen molar-refractivity contribution in [1.82, 2.24) is 14.9 Å². The molecule has 0 unspecified atom stereocenters. The second-order valence-electron chi connectivity index (χ2n) is 5.08. The van der Waals surface area contributed by atoms with Gasteiger partial charge in [-0.15, -0.1) is 0 Å². The average molecular weight is 350 g/mol. The minimum Gasteiger partial charge on any atom is -0.502 e. The molecule has 0 aromatic carbocycles. The van der Waals surface area contributed by atoms with Gasteiger partial charge in [-0.3, -0.25) is 9.36 Å². The number of aromatic hydroxyl groups is 1. The molecule has 23 heavy (non-hydrogen) atoms. The summed E-state index contributed by atoms with van der Waals surface area (Å²) in [6, 6.07) is 0. The van der Waals surface area contributed by atoms with E-state index in [1.165, 1.54) is 0 Å². The molecule has 0 bridgehead atoms. The Morgan fingerprint density at radius 1 is 1.39 bits per heavy atom. The van der Waals surface area contributed by atoms with E-state index in [0.717, 1.165) is 29.6 Å². The lowest BCUT2D eigenvalue weighted by Gasteiger charge is -2.15. The van der Waals surface area contributed by atoms with Gasteiger partial charge in [0, 0.05) is 11.6 Å². The monoisotopic (exact) mass is 349 g/mol. The van der Waals surface area contributed by atoms with Crippen molar-refractivity contribution in [2.45, 2.75) is 32.1 Å². The summed E-state index contributed by atoms with van der Waals surface area (Å²) < 4.78 is 38.1. The molecule has 0 spiro atoms. The van der Waals surface area contributed by atoms with E-state index in [1.807, 2.05) is 6.08 Å². The van der Waals surface area contributed by atoms with Crippen molar-refractivity contribution in [2.24, 2.45) is 0 Å². The number of aromatic nitrogens is 2. The highest BCUT2D eigenvalue weighted by molar-refractivity contribution is 6.29. The number of nitrogens with zero attached hydrogens (tertiary/aromatic N) is 2. The smallest absolute Gasteiger partial charge is 0.406 e. The molecule has 1 aromatic rings. The van der Waals surface area contributed by atoms with Gasteiger partial charge in [0.25, 0.3) is 5.56 Å². The van der Waals surface area contributed by atoms with Crippen molar-refractivity contribution in [3.05, 3.63) is 45.1 Å². The molecule has 0 fully saturated rings. The van der Waals surface area contributed by atoms with Crippen LogP contribution in [-0.2, 0) is 13.1 Å². The van der Waals surface area contributed by atoms with E-state index < -0.39 is 24.0 Å². The van der Waals surface area contributed by atoms with E-state index in [4.69, 9.17) is 11.6 Å². The molecular formula is C14H15ClF3N3O2. The summed E-state index contributed by atoms with van der Waals surface area (Å²) in [5.74, 6) is -0.917. The molecule has 0 atom stereocenters. The van der Waals surface area contributed by atoms with Crippen LogP contribution in [0.15, 0.2) is 33.7 Å². The first-order valence-electron chi connectivity index (χ1n) is 6.86. The number of hydrogen-bond acceptors (Lipinski definition) is 4. The first-order valence-corrected chi connectivity index (χ1v) is 7.24.